The maximum absolute atomic E-state index is 13.3. The van der Waals surface area contributed by atoms with Crippen LogP contribution < -0.4 is 0 Å². The number of H-pyrrole nitrogens is 1. The molecule has 4 nitrogen and oxygen atoms in total. The van der Waals surface area contributed by atoms with Crippen LogP contribution in [-0.2, 0) is 4.79 Å². The number of halogens is 1. The number of nitrogens with one attached hydrogen (secondary N) is 1. The molecular weight excluding hydrogens is 259 g/mol. The van der Waals surface area contributed by atoms with Crippen LogP contribution in [0.2, 0.25) is 0 Å². The topological polar surface area (TPSA) is 53.2 Å². The first-order valence-corrected chi connectivity index (χ1v) is 6.68. The molecule has 0 saturated carbocycles. The van der Waals surface area contributed by atoms with Crippen LogP contribution in [0, 0.1) is 5.82 Å². The number of fused-ring (bicyclic) bond motifs is 1. The van der Waals surface area contributed by atoms with Gasteiger partial charge in [0.1, 0.15) is 5.82 Å². The Kier molecular flexibility index (Phi) is 4.17. The van der Waals surface area contributed by atoms with Gasteiger partial charge >= 0.3 is 0 Å². The molecule has 20 heavy (non-hydrogen) atoms. The van der Waals surface area contributed by atoms with E-state index in [1.54, 1.807) is 6.07 Å². The quantitative estimate of drug-likeness (QED) is 0.674. The van der Waals surface area contributed by atoms with E-state index in [-0.39, 0.29) is 5.56 Å². The third kappa shape index (κ3) is 2.57. The van der Waals surface area contributed by atoms with Crippen LogP contribution in [0.3, 0.4) is 0 Å². The molecule has 0 aliphatic rings. The highest BCUT2D eigenvalue weighted by molar-refractivity contribution is 6.44. The first-order chi connectivity index (χ1) is 9.58. The molecule has 5 heteroatoms. The van der Waals surface area contributed by atoms with Crippen molar-refractivity contribution in [3.8, 4) is 0 Å². The maximum atomic E-state index is 13.3. The molecule has 1 heterocycles. The van der Waals surface area contributed by atoms with Crippen molar-refractivity contribution in [3.05, 3.63) is 35.8 Å². The van der Waals surface area contributed by atoms with E-state index in [0.29, 0.717) is 24.0 Å². The van der Waals surface area contributed by atoms with Crippen LogP contribution in [0.25, 0.3) is 10.9 Å². The molecule has 0 fully saturated rings. The highest BCUT2D eigenvalue weighted by atomic mass is 19.1. The first kappa shape index (κ1) is 14.2. The van der Waals surface area contributed by atoms with E-state index in [2.05, 4.69) is 4.98 Å². The highest BCUT2D eigenvalue weighted by Gasteiger charge is 2.24. The SMILES string of the molecule is CCCN(CC)C(=O)C(=O)c1c[nH]c2ccc(F)cc12. The van der Waals surface area contributed by atoms with Gasteiger partial charge in [-0.25, -0.2) is 4.39 Å². The zero-order chi connectivity index (χ0) is 14.7. The first-order valence-electron chi connectivity index (χ1n) is 6.68. The lowest BCUT2D eigenvalue weighted by Gasteiger charge is -2.18. The number of nitrogens with zero attached hydrogens (tertiary/aromatic N) is 1. The van der Waals surface area contributed by atoms with Crippen LogP contribution in [-0.4, -0.2) is 34.7 Å². The number of Topliss-reactive ketones (excluding diaryl/α,β-unsaturated/α-hetero) is 1. The lowest BCUT2D eigenvalue weighted by Crippen LogP contribution is -2.36. The fourth-order valence-corrected chi connectivity index (χ4v) is 2.21. The van der Waals surface area contributed by atoms with E-state index in [1.807, 2.05) is 13.8 Å². The Balaban J connectivity index is 2.35. The van der Waals surface area contributed by atoms with Crippen LogP contribution >= 0.6 is 0 Å². The lowest BCUT2D eigenvalue weighted by molar-refractivity contribution is -0.126. The second kappa shape index (κ2) is 5.86. The van der Waals surface area contributed by atoms with Crippen LogP contribution in [0.1, 0.15) is 30.6 Å². The number of amides is 1. The van der Waals surface area contributed by atoms with E-state index >= 15 is 0 Å². The fourth-order valence-electron chi connectivity index (χ4n) is 2.21. The van der Waals surface area contributed by atoms with Gasteiger partial charge in [-0.1, -0.05) is 6.92 Å². The normalized spacial score (nSPS) is 10.8. The van der Waals surface area contributed by atoms with Gasteiger partial charge in [0.2, 0.25) is 0 Å². The minimum atomic E-state index is -0.600. The second-order valence-electron chi connectivity index (χ2n) is 4.61. The molecule has 2 rings (SSSR count). The van der Waals surface area contributed by atoms with Crippen molar-refractivity contribution in [3.63, 3.8) is 0 Å². The summed E-state index contributed by atoms with van der Waals surface area (Å²) in [6.07, 6.45) is 2.25. The largest absolute Gasteiger partial charge is 0.360 e. The monoisotopic (exact) mass is 276 g/mol. The number of rotatable bonds is 5. The third-order valence-electron chi connectivity index (χ3n) is 3.25. The number of aromatic amines is 1. The number of carbonyl (C=O) groups is 2. The predicted molar refractivity (Wildman–Crippen MR) is 75.1 cm³/mol. The van der Waals surface area contributed by atoms with Crippen molar-refractivity contribution in [1.29, 1.82) is 0 Å². The summed E-state index contributed by atoms with van der Waals surface area (Å²) in [6, 6.07) is 4.13. The summed E-state index contributed by atoms with van der Waals surface area (Å²) in [4.78, 5) is 28.8. The maximum Gasteiger partial charge on any atom is 0.295 e. The van der Waals surface area contributed by atoms with E-state index in [4.69, 9.17) is 0 Å². The standard InChI is InChI=1S/C15H17FN2O2/c1-3-7-18(4-2)15(20)14(19)12-9-17-13-6-5-10(16)8-11(12)13/h5-6,8-9,17H,3-4,7H2,1-2H3. The molecule has 1 amide bonds. The Labute approximate surface area is 116 Å². The Morgan fingerprint density at radius 2 is 2.05 bits per heavy atom. The zero-order valence-corrected chi connectivity index (χ0v) is 11.6. The van der Waals surface area contributed by atoms with Gasteiger partial charge < -0.3 is 9.88 Å². The molecule has 2 aromatic rings. The van der Waals surface area contributed by atoms with Crippen molar-refractivity contribution >= 4 is 22.6 Å². The molecule has 1 aromatic carbocycles. The number of benzene rings is 1. The van der Waals surface area contributed by atoms with E-state index in [9.17, 15) is 14.0 Å². The molecule has 0 unspecified atom stereocenters. The Hall–Kier alpha value is -2.17. The molecule has 0 atom stereocenters. The minimum Gasteiger partial charge on any atom is -0.360 e. The van der Waals surface area contributed by atoms with Gasteiger partial charge in [0.05, 0.1) is 5.56 Å². The average molecular weight is 276 g/mol. The smallest absolute Gasteiger partial charge is 0.295 e. The molecule has 0 aliphatic heterocycles. The Bertz CT molecular complexity index is 648. The number of hydrogen-bond donors (Lipinski definition) is 1. The summed E-state index contributed by atoms with van der Waals surface area (Å²) in [5, 5.41) is 0.441. The van der Waals surface area contributed by atoms with E-state index < -0.39 is 17.5 Å². The van der Waals surface area contributed by atoms with Crippen LogP contribution in [0.15, 0.2) is 24.4 Å². The number of hydrogen-bond acceptors (Lipinski definition) is 2. The molecule has 1 N–H and O–H groups in total. The molecule has 1 aromatic heterocycles. The lowest BCUT2D eigenvalue weighted by atomic mass is 10.1. The number of aromatic nitrogens is 1. The molecule has 0 radical (unpaired) electrons. The van der Waals surface area contributed by atoms with E-state index in [0.717, 1.165) is 6.42 Å². The van der Waals surface area contributed by atoms with Gasteiger partial charge in [0, 0.05) is 30.2 Å². The van der Waals surface area contributed by atoms with Gasteiger partial charge in [0.25, 0.3) is 11.7 Å². The summed E-state index contributed by atoms with van der Waals surface area (Å²) >= 11 is 0. The third-order valence-corrected chi connectivity index (χ3v) is 3.25. The molecule has 0 saturated heterocycles. The number of likely N-dealkylation sites (N-methyl/N-ethyl adjacent to an activating group) is 1. The van der Waals surface area contributed by atoms with Crippen molar-refractivity contribution in [2.24, 2.45) is 0 Å². The number of ketones is 1. The summed E-state index contributed by atoms with van der Waals surface area (Å²) in [5.41, 5.74) is 0.861. The van der Waals surface area contributed by atoms with Crippen molar-refractivity contribution in [1.82, 2.24) is 9.88 Å². The Morgan fingerprint density at radius 3 is 2.70 bits per heavy atom. The molecular formula is C15H17FN2O2. The second-order valence-corrected chi connectivity index (χ2v) is 4.61. The van der Waals surface area contributed by atoms with Crippen molar-refractivity contribution in [2.75, 3.05) is 13.1 Å². The van der Waals surface area contributed by atoms with Crippen molar-refractivity contribution < 1.29 is 14.0 Å². The van der Waals surface area contributed by atoms with Crippen LogP contribution in [0.5, 0.6) is 0 Å². The molecule has 106 valence electrons. The van der Waals surface area contributed by atoms with E-state index in [1.165, 1.54) is 23.2 Å². The highest BCUT2D eigenvalue weighted by Crippen LogP contribution is 2.20. The fraction of sp³-hybridized carbons (Fsp3) is 0.333. The van der Waals surface area contributed by atoms with Gasteiger partial charge in [0.15, 0.2) is 0 Å². The summed E-state index contributed by atoms with van der Waals surface area (Å²) < 4.78 is 13.3. The minimum absolute atomic E-state index is 0.221. The summed E-state index contributed by atoms with van der Waals surface area (Å²) in [7, 11) is 0. The van der Waals surface area contributed by atoms with Gasteiger partial charge in [-0.15, -0.1) is 0 Å². The van der Waals surface area contributed by atoms with Crippen molar-refractivity contribution in [2.45, 2.75) is 20.3 Å². The Morgan fingerprint density at radius 1 is 1.30 bits per heavy atom. The number of carbonyl (C=O) groups excluding carboxylic acids is 2. The summed E-state index contributed by atoms with van der Waals surface area (Å²) in [6.45, 7) is 4.80. The van der Waals surface area contributed by atoms with Gasteiger partial charge in [-0.2, -0.15) is 0 Å². The molecule has 0 aliphatic carbocycles. The molecule has 0 bridgehead atoms. The summed E-state index contributed by atoms with van der Waals surface area (Å²) in [5.74, 6) is -1.57. The average Bonchev–Trinajstić information content (AvgIpc) is 2.86. The van der Waals surface area contributed by atoms with Crippen LogP contribution in [0.4, 0.5) is 4.39 Å². The zero-order valence-electron chi connectivity index (χ0n) is 11.6. The van der Waals surface area contributed by atoms with Gasteiger partial charge in [-0.05, 0) is 31.5 Å². The molecule has 0 spiro atoms. The van der Waals surface area contributed by atoms with Gasteiger partial charge in [-0.3, -0.25) is 9.59 Å². The predicted octanol–water partition coefficient (Wildman–Crippen LogP) is 2.75.